The number of piperazine rings is 1. The first-order chi connectivity index (χ1) is 8.61. The van der Waals surface area contributed by atoms with Crippen LogP contribution < -0.4 is 10.2 Å². The number of aromatic nitrogens is 1. The van der Waals surface area contributed by atoms with E-state index in [1.54, 1.807) is 12.4 Å². The Hall–Kier alpha value is -1.91. The van der Waals surface area contributed by atoms with E-state index in [0.717, 1.165) is 12.0 Å². The number of nitrogens with one attached hydrogen (secondary N) is 1. The van der Waals surface area contributed by atoms with Gasteiger partial charge in [0.2, 0.25) is 11.8 Å². The predicted molar refractivity (Wildman–Crippen MR) is 68.2 cm³/mol. The van der Waals surface area contributed by atoms with Crippen LogP contribution in [0.4, 0.5) is 5.69 Å². The molecule has 5 heteroatoms. The Balaban J connectivity index is 2.26. The lowest BCUT2D eigenvalue weighted by atomic mass is 10.1. The highest BCUT2D eigenvalue weighted by molar-refractivity contribution is 6.06. The van der Waals surface area contributed by atoms with Crippen molar-refractivity contribution in [2.75, 3.05) is 11.4 Å². The lowest BCUT2D eigenvalue weighted by molar-refractivity contribution is -0.131. The van der Waals surface area contributed by atoms with Crippen molar-refractivity contribution in [2.45, 2.75) is 32.7 Å². The fourth-order valence-corrected chi connectivity index (χ4v) is 2.10. The maximum atomic E-state index is 12.3. The quantitative estimate of drug-likeness (QED) is 0.867. The zero-order chi connectivity index (χ0) is 13.1. The summed E-state index contributed by atoms with van der Waals surface area (Å²) < 4.78 is 0. The SMILES string of the molecule is CCCC1NC(=O)CN(c2cncc(C)c2)C1=O. The first-order valence-corrected chi connectivity index (χ1v) is 6.14. The van der Waals surface area contributed by atoms with E-state index in [9.17, 15) is 9.59 Å². The van der Waals surface area contributed by atoms with Crippen molar-refractivity contribution in [3.05, 3.63) is 24.0 Å². The minimum Gasteiger partial charge on any atom is -0.343 e. The zero-order valence-electron chi connectivity index (χ0n) is 10.6. The number of pyridine rings is 1. The monoisotopic (exact) mass is 247 g/mol. The Morgan fingerprint density at radius 2 is 2.22 bits per heavy atom. The first-order valence-electron chi connectivity index (χ1n) is 6.14. The second kappa shape index (κ2) is 5.16. The molecule has 1 saturated heterocycles. The maximum absolute atomic E-state index is 12.3. The third kappa shape index (κ3) is 2.50. The molecule has 1 fully saturated rings. The predicted octanol–water partition coefficient (Wildman–Crippen LogP) is 1.02. The average Bonchev–Trinajstić information content (AvgIpc) is 2.33. The highest BCUT2D eigenvalue weighted by Gasteiger charge is 2.32. The minimum absolute atomic E-state index is 0.0520. The summed E-state index contributed by atoms with van der Waals surface area (Å²) in [5, 5.41) is 2.73. The minimum atomic E-state index is -0.406. The van der Waals surface area contributed by atoms with Crippen LogP contribution in [-0.4, -0.2) is 29.4 Å². The van der Waals surface area contributed by atoms with Gasteiger partial charge in [-0.3, -0.25) is 19.5 Å². The number of rotatable bonds is 3. The van der Waals surface area contributed by atoms with Gasteiger partial charge >= 0.3 is 0 Å². The van der Waals surface area contributed by atoms with Gasteiger partial charge in [0.15, 0.2) is 0 Å². The Kier molecular flexibility index (Phi) is 3.60. The summed E-state index contributed by atoms with van der Waals surface area (Å²) in [6, 6.07) is 1.46. The van der Waals surface area contributed by atoms with Gasteiger partial charge in [-0.1, -0.05) is 13.3 Å². The largest absolute Gasteiger partial charge is 0.343 e. The van der Waals surface area contributed by atoms with Crippen molar-refractivity contribution < 1.29 is 9.59 Å². The fourth-order valence-electron chi connectivity index (χ4n) is 2.10. The molecule has 2 heterocycles. The van der Waals surface area contributed by atoms with Crippen molar-refractivity contribution in [1.82, 2.24) is 10.3 Å². The zero-order valence-corrected chi connectivity index (χ0v) is 10.6. The van der Waals surface area contributed by atoms with Gasteiger partial charge in [-0.15, -0.1) is 0 Å². The third-order valence-corrected chi connectivity index (χ3v) is 2.95. The number of anilines is 1. The molecule has 2 amide bonds. The summed E-state index contributed by atoms with van der Waals surface area (Å²) >= 11 is 0. The highest BCUT2D eigenvalue weighted by atomic mass is 16.2. The fraction of sp³-hybridized carbons (Fsp3) is 0.462. The number of carbonyl (C=O) groups is 2. The molecular formula is C13H17N3O2. The van der Waals surface area contributed by atoms with Crippen LogP contribution >= 0.6 is 0 Å². The summed E-state index contributed by atoms with van der Waals surface area (Å²) in [6.45, 7) is 3.98. The first kappa shape index (κ1) is 12.5. The van der Waals surface area contributed by atoms with Crippen molar-refractivity contribution in [2.24, 2.45) is 0 Å². The number of carbonyl (C=O) groups excluding carboxylic acids is 2. The van der Waals surface area contributed by atoms with Gasteiger partial charge in [0.25, 0.3) is 0 Å². The van der Waals surface area contributed by atoms with Gasteiger partial charge in [0.05, 0.1) is 11.9 Å². The number of nitrogens with zero attached hydrogens (tertiary/aromatic N) is 2. The van der Waals surface area contributed by atoms with Crippen molar-refractivity contribution >= 4 is 17.5 Å². The Morgan fingerprint density at radius 1 is 1.44 bits per heavy atom. The molecule has 1 unspecified atom stereocenters. The van der Waals surface area contributed by atoms with E-state index in [0.29, 0.717) is 12.1 Å². The van der Waals surface area contributed by atoms with E-state index in [4.69, 9.17) is 0 Å². The van der Waals surface area contributed by atoms with E-state index in [-0.39, 0.29) is 18.4 Å². The molecule has 2 rings (SSSR count). The lowest BCUT2D eigenvalue weighted by Gasteiger charge is -2.32. The third-order valence-electron chi connectivity index (χ3n) is 2.95. The molecule has 18 heavy (non-hydrogen) atoms. The number of aryl methyl sites for hydroxylation is 1. The average molecular weight is 247 g/mol. The molecule has 0 aromatic carbocycles. The summed E-state index contributed by atoms with van der Waals surface area (Å²) in [6.07, 6.45) is 4.87. The molecule has 0 saturated carbocycles. The van der Waals surface area contributed by atoms with Gasteiger partial charge < -0.3 is 5.32 Å². The Bertz CT molecular complexity index is 473. The van der Waals surface area contributed by atoms with Crippen LogP contribution in [0.5, 0.6) is 0 Å². The summed E-state index contributed by atoms with van der Waals surface area (Å²) in [5.74, 6) is -0.168. The van der Waals surface area contributed by atoms with E-state index in [1.807, 2.05) is 19.9 Å². The van der Waals surface area contributed by atoms with Crippen LogP contribution in [0.25, 0.3) is 0 Å². The van der Waals surface area contributed by atoms with E-state index in [2.05, 4.69) is 10.3 Å². The van der Waals surface area contributed by atoms with Crippen molar-refractivity contribution in [3.8, 4) is 0 Å². The molecule has 0 radical (unpaired) electrons. The number of amides is 2. The molecular weight excluding hydrogens is 230 g/mol. The van der Waals surface area contributed by atoms with Crippen molar-refractivity contribution in [3.63, 3.8) is 0 Å². The Labute approximate surface area is 106 Å². The standard InChI is InChI=1S/C13H17N3O2/c1-3-4-11-13(18)16(8-12(17)15-11)10-5-9(2)6-14-7-10/h5-7,11H,3-4,8H2,1-2H3,(H,15,17). The molecule has 1 aliphatic rings. The lowest BCUT2D eigenvalue weighted by Crippen LogP contribution is -2.58. The maximum Gasteiger partial charge on any atom is 0.250 e. The summed E-state index contributed by atoms with van der Waals surface area (Å²) in [5.41, 5.74) is 1.66. The van der Waals surface area contributed by atoms with Crippen molar-refractivity contribution in [1.29, 1.82) is 0 Å². The van der Waals surface area contributed by atoms with Crippen LogP contribution in [0.1, 0.15) is 25.3 Å². The molecule has 1 aromatic rings. The van der Waals surface area contributed by atoms with Gasteiger partial charge in [-0.2, -0.15) is 0 Å². The normalized spacial score (nSPS) is 19.9. The van der Waals surface area contributed by atoms with Crippen LogP contribution in [0.15, 0.2) is 18.5 Å². The van der Waals surface area contributed by atoms with Gasteiger partial charge in [0.1, 0.15) is 12.6 Å². The smallest absolute Gasteiger partial charge is 0.250 e. The van der Waals surface area contributed by atoms with Crippen LogP contribution in [-0.2, 0) is 9.59 Å². The summed E-state index contributed by atoms with van der Waals surface area (Å²) in [7, 11) is 0. The molecule has 0 spiro atoms. The Morgan fingerprint density at radius 3 is 2.89 bits per heavy atom. The van der Waals surface area contributed by atoms with Gasteiger partial charge in [0, 0.05) is 6.20 Å². The number of hydrogen-bond acceptors (Lipinski definition) is 3. The van der Waals surface area contributed by atoms with E-state index >= 15 is 0 Å². The van der Waals surface area contributed by atoms with E-state index in [1.165, 1.54) is 4.90 Å². The van der Waals surface area contributed by atoms with Gasteiger partial charge in [-0.05, 0) is 25.0 Å². The molecule has 96 valence electrons. The van der Waals surface area contributed by atoms with Crippen LogP contribution in [0.2, 0.25) is 0 Å². The second-order valence-corrected chi connectivity index (χ2v) is 4.55. The number of hydrogen-bond donors (Lipinski definition) is 1. The van der Waals surface area contributed by atoms with E-state index < -0.39 is 6.04 Å². The molecule has 0 bridgehead atoms. The molecule has 5 nitrogen and oxygen atoms in total. The molecule has 1 atom stereocenters. The second-order valence-electron chi connectivity index (χ2n) is 4.55. The van der Waals surface area contributed by atoms with Crippen LogP contribution in [0.3, 0.4) is 0 Å². The molecule has 0 aliphatic carbocycles. The van der Waals surface area contributed by atoms with Crippen LogP contribution in [0, 0.1) is 6.92 Å². The topological polar surface area (TPSA) is 62.3 Å². The molecule has 1 aliphatic heterocycles. The molecule has 1 N–H and O–H groups in total. The molecule has 1 aromatic heterocycles. The highest BCUT2D eigenvalue weighted by Crippen LogP contribution is 2.18. The van der Waals surface area contributed by atoms with Gasteiger partial charge in [-0.25, -0.2) is 0 Å². The summed E-state index contributed by atoms with van der Waals surface area (Å²) in [4.78, 5) is 29.5.